The normalized spacial score (nSPS) is 28.5. The van der Waals surface area contributed by atoms with Crippen LogP contribution in [-0.4, -0.2) is 21.5 Å². The summed E-state index contributed by atoms with van der Waals surface area (Å²) < 4.78 is 1.98. The largest absolute Gasteiger partial charge is 0.352 e. The van der Waals surface area contributed by atoms with E-state index in [0.717, 1.165) is 24.1 Å². The zero-order valence-corrected chi connectivity index (χ0v) is 14.5. The van der Waals surface area contributed by atoms with Crippen molar-refractivity contribution >= 4 is 5.91 Å². The molecule has 0 spiro atoms. The highest BCUT2D eigenvalue weighted by atomic mass is 16.1. The van der Waals surface area contributed by atoms with Crippen molar-refractivity contribution < 1.29 is 4.79 Å². The van der Waals surface area contributed by atoms with Gasteiger partial charge in [0.05, 0.1) is 12.0 Å². The lowest BCUT2D eigenvalue weighted by Crippen LogP contribution is -2.49. The van der Waals surface area contributed by atoms with Gasteiger partial charge in [0.1, 0.15) is 0 Å². The van der Waals surface area contributed by atoms with E-state index in [1.54, 1.807) is 12.5 Å². The first-order chi connectivity index (χ1) is 12.2. The number of nitrogens with zero attached hydrogens (tertiary/aromatic N) is 2. The molecule has 25 heavy (non-hydrogen) atoms. The van der Waals surface area contributed by atoms with Crippen molar-refractivity contribution in [2.75, 3.05) is 0 Å². The molecule has 2 aliphatic carbocycles. The summed E-state index contributed by atoms with van der Waals surface area (Å²) in [6.45, 7) is 0.547. The summed E-state index contributed by atoms with van der Waals surface area (Å²) in [6.07, 6.45) is 11.0. The third kappa shape index (κ3) is 3.33. The van der Waals surface area contributed by atoms with Gasteiger partial charge in [-0.15, -0.1) is 0 Å². The predicted molar refractivity (Wildman–Crippen MR) is 96.9 cm³/mol. The average Bonchev–Trinajstić information content (AvgIpc) is 3.14. The van der Waals surface area contributed by atoms with Crippen LogP contribution in [0.1, 0.15) is 37.7 Å². The zero-order chi connectivity index (χ0) is 17.2. The molecule has 2 unspecified atom stereocenters. The van der Waals surface area contributed by atoms with Gasteiger partial charge < -0.3 is 15.6 Å². The molecule has 0 aliphatic heterocycles. The summed E-state index contributed by atoms with van der Waals surface area (Å²) >= 11 is 0. The van der Waals surface area contributed by atoms with E-state index in [0.29, 0.717) is 24.4 Å². The molecule has 2 saturated carbocycles. The molecular weight excluding hydrogens is 312 g/mol. The minimum absolute atomic E-state index is 0.121. The minimum Gasteiger partial charge on any atom is -0.352 e. The maximum atomic E-state index is 12.7. The lowest BCUT2D eigenvalue weighted by molar-refractivity contribution is -0.128. The number of rotatable bonds is 4. The van der Waals surface area contributed by atoms with Crippen molar-refractivity contribution in [1.82, 2.24) is 14.9 Å². The highest BCUT2D eigenvalue weighted by Gasteiger charge is 2.40. The summed E-state index contributed by atoms with van der Waals surface area (Å²) in [6, 6.07) is 8.42. The molecule has 3 N–H and O–H groups in total. The Labute approximate surface area is 148 Å². The van der Waals surface area contributed by atoms with Gasteiger partial charge >= 0.3 is 0 Å². The van der Waals surface area contributed by atoms with E-state index < -0.39 is 0 Å². The third-order valence-electron chi connectivity index (χ3n) is 6.01. The van der Waals surface area contributed by atoms with Crippen LogP contribution in [0.25, 0.3) is 5.69 Å². The van der Waals surface area contributed by atoms with Gasteiger partial charge in [-0.3, -0.25) is 4.79 Å². The average molecular weight is 338 g/mol. The lowest BCUT2D eigenvalue weighted by Gasteiger charge is -2.43. The van der Waals surface area contributed by atoms with Gasteiger partial charge in [0.25, 0.3) is 0 Å². The SMILES string of the molecule is NC1C2CCCC1CC(C(=O)NCc1ccccc1-n1ccnc1)C2. The minimum atomic E-state index is 0.121. The summed E-state index contributed by atoms with van der Waals surface area (Å²) in [5.41, 5.74) is 8.50. The molecule has 0 radical (unpaired) electrons. The predicted octanol–water partition coefficient (Wildman–Crippen LogP) is 2.64. The first kappa shape index (κ1) is 16.3. The molecule has 2 bridgehead atoms. The number of hydrogen-bond donors (Lipinski definition) is 2. The molecular formula is C20H26N4O. The molecule has 5 nitrogen and oxygen atoms in total. The van der Waals surface area contributed by atoms with E-state index in [4.69, 9.17) is 5.73 Å². The van der Waals surface area contributed by atoms with Gasteiger partial charge in [0, 0.05) is 30.9 Å². The van der Waals surface area contributed by atoms with Crippen LogP contribution in [0.2, 0.25) is 0 Å². The molecule has 1 aromatic heterocycles. The van der Waals surface area contributed by atoms with Gasteiger partial charge in [0.2, 0.25) is 5.91 Å². The quantitative estimate of drug-likeness (QED) is 0.900. The van der Waals surface area contributed by atoms with Crippen molar-refractivity contribution in [3.8, 4) is 5.69 Å². The van der Waals surface area contributed by atoms with Crippen LogP contribution in [0.3, 0.4) is 0 Å². The molecule has 1 heterocycles. The molecule has 1 aromatic carbocycles. The van der Waals surface area contributed by atoms with Gasteiger partial charge in [-0.1, -0.05) is 24.6 Å². The van der Waals surface area contributed by atoms with E-state index in [9.17, 15) is 4.79 Å². The highest BCUT2D eigenvalue weighted by molar-refractivity contribution is 5.79. The number of nitrogens with one attached hydrogen (secondary N) is 1. The van der Waals surface area contributed by atoms with E-state index in [-0.39, 0.29) is 11.8 Å². The van der Waals surface area contributed by atoms with Crippen LogP contribution >= 0.6 is 0 Å². The summed E-state index contributed by atoms with van der Waals surface area (Å²) in [7, 11) is 0. The van der Waals surface area contributed by atoms with Gasteiger partial charge in [-0.2, -0.15) is 0 Å². The van der Waals surface area contributed by atoms with Crippen molar-refractivity contribution in [2.24, 2.45) is 23.5 Å². The molecule has 2 atom stereocenters. The third-order valence-corrected chi connectivity index (χ3v) is 6.01. The number of aromatic nitrogens is 2. The van der Waals surface area contributed by atoms with E-state index >= 15 is 0 Å². The number of carbonyl (C=O) groups excluding carboxylic acids is 1. The Bertz CT molecular complexity index is 713. The first-order valence-corrected chi connectivity index (χ1v) is 9.32. The van der Waals surface area contributed by atoms with Crippen molar-refractivity contribution in [3.05, 3.63) is 48.5 Å². The second kappa shape index (κ2) is 7.00. The molecule has 5 heteroatoms. The van der Waals surface area contributed by atoms with E-state index in [1.165, 1.54) is 19.3 Å². The van der Waals surface area contributed by atoms with Crippen molar-refractivity contribution in [2.45, 2.75) is 44.7 Å². The Kier molecular flexibility index (Phi) is 4.57. The summed E-state index contributed by atoms with van der Waals surface area (Å²) in [4.78, 5) is 16.8. The van der Waals surface area contributed by atoms with Crippen molar-refractivity contribution in [3.63, 3.8) is 0 Å². The highest BCUT2D eigenvalue weighted by Crippen LogP contribution is 2.41. The maximum absolute atomic E-state index is 12.7. The molecule has 1 amide bonds. The topological polar surface area (TPSA) is 72.9 Å². The fourth-order valence-corrected chi connectivity index (χ4v) is 4.64. The number of hydrogen-bond acceptors (Lipinski definition) is 3. The van der Waals surface area contributed by atoms with Crippen LogP contribution in [0, 0.1) is 17.8 Å². The molecule has 4 rings (SSSR count). The van der Waals surface area contributed by atoms with Crippen LogP contribution in [0.5, 0.6) is 0 Å². The standard InChI is InChI=1S/C20H26N4O/c21-19-14-5-3-6-15(19)11-17(10-14)20(25)23-12-16-4-1-2-7-18(16)24-9-8-22-13-24/h1-2,4,7-9,13-15,17,19H,3,5-6,10-12,21H2,(H,23,25). The van der Waals surface area contributed by atoms with Crippen LogP contribution < -0.4 is 11.1 Å². The number of amides is 1. The van der Waals surface area contributed by atoms with Crippen LogP contribution in [0.15, 0.2) is 43.0 Å². The van der Waals surface area contributed by atoms with E-state index in [1.807, 2.05) is 29.0 Å². The summed E-state index contributed by atoms with van der Waals surface area (Å²) in [5, 5.41) is 3.16. The number of imidazole rings is 1. The number of nitrogens with two attached hydrogens (primary N) is 1. The van der Waals surface area contributed by atoms with Crippen LogP contribution in [-0.2, 0) is 11.3 Å². The maximum Gasteiger partial charge on any atom is 0.223 e. The lowest BCUT2D eigenvalue weighted by atomic mass is 9.65. The molecule has 2 aliphatic rings. The Balaban J connectivity index is 1.42. The number of fused-ring (bicyclic) bond motifs is 2. The number of benzene rings is 1. The molecule has 2 fully saturated rings. The van der Waals surface area contributed by atoms with E-state index in [2.05, 4.69) is 16.4 Å². The Morgan fingerprint density at radius 1 is 1.24 bits per heavy atom. The Hall–Kier alpha value is -2.14. The van der Waals surface area contributed by atoms with Crippen LogP contribution in [0.4, 0.5) is 0 Å². The second-order valence-electron chi connectivity index (χ2n) is 7.51. The summed E-state index contributed by atoms with van der Waals surface area (Å²) in [5.74, 6) is 1.36. The number of carbonyl (C=O) groups is 1. The Morgan fingerprint density at radius 2 is 2.00 bits per heavy atom. The zero-order valence-electron chi connectivity index (χ0n) is 14.5. The molecule has 132 valence electrons. The first-order valence-electron chi connectivity index (χ1n) is 9.32. The second-order valence-corrected chi connectivity index (χ2v) is 7.51. The Morgan fingerprint density at radius 3 is 2.72 bits per heavy atom. The van der Waals surface area contributed by atoms with Gasteiger partial charge in [-0.05, 0) is 49.1 Å². The molecule has 0 saturated heterocycles. The monoisotopic (exact) mass is 338 g/mol. The molecule has 2 aromatic rings. The van der Waals surface area contributed by atoms with Gasteiger partial charge in [-0.25, -0.2) is 4.98 Å². The van der Waals surface area contributed by atoms with Crippen molar-refractivity contribution in [1.29, 1.82) is 0 Å². The number of para-hydroxylation sites is 1. The fourth-order valence-electron chi connectivity index (χ4n) is 4.64. The smallest absolute Gasteiger partial charge is 0.223 e. The van der Waals surface area contributed by atoms with Gasteiger partial charge in [0.15, 0.2) is 0 Å². The fraction of sp³-hybridized carbons (Fsp3) is 0.500.